The van der Waals surface area contributed by atoms with Gasteiger partial charge in [-0.05, 0) is 78.9 Å². The number of carbonyl (C=O) groups excluding carboxylic acids is 1. The lowest BCUT2D eigenvalue weighted by Crippen LogP contribution is -2.25. The van der Waals surface area contributed by atoms with E-state index >= 15 is 0 Å². The lowest BCUT2D eigenvalue weighted by atomic mass is 9.97. The zero-order valence-electron chi connectivity index (χ0n) is 22.2. The minimum atomic E-state index is -4.87. The third-order valence-electron chi connectivity index (χ3n) is 6.66. The van der Waals surface area contributed by atoms with Crippen LogP contribution in [0, 0.1) is 17.2 Å². The van der Waals surface area contributed by atoms with E-state index in [9.17, 15) is 36.4 Å². The fourth-order valence-electron chi connectivity index (χ4n) is 4.50. The maximum atomic E-state index is 13.6. The zero-order chi connectivity index (χ0) is 30.8. The van der Waals surface area contributed by atoms with Gasteiger partial charge >= 0.3 is 12.5 Å². The van der Waals surface area contributed by atoms with Crippen molar-refractivity contribution in [1.82, 2.24) is 15.1 Å². The summed E-state index contributed by atoms with van der Waals surface area (Å²) in [7, 11) is 0. The topological polar surface area (TPSA) is 92.0 Å². The number of nitrogens with zero attached hydrogens (tertiary/aromatic N) is 3. The number of benzene rings is 3. The van der Waals surface area contributed by atoms with Gasteiger partial charge in [-0.3, -0.25) is 4.79 Å². The molecule has 1 amide bonds. The molecule has 43 heavy (non-hydrogen) atoms. The Balaban J connectivity index is 1.45. The van der Waals surface area contributed by atoms with Gasteiger partial charge in [0, 0.05) is 11.8 Å². The number of nitrogens with one attached hydrogen (secondary N) is 2. The molecule has 222 valence electrons. The molecule has 4 aromatic rings. The summed E-state index contributed by atoms with van der Waals surface area (Å²) in [4.78, 5) is 13.3. The molecule has 1 atom stereocenters. The van der Waals surface area contributed by atoms with Gasteiger partial charge in [-0.1, -0.05) is 30.3 Å². The van der Waals surface area contributed by atoms with Crippen LogP contribution in [0.1, 0.15) is 51.8 Å². The second kappa shape index (κ2) is 11.8. The summed E-state index contributed by atoms with van der Waals surface area (Å²) < 4.78 is 84.1. The first-order valence-corrected chi connectivity index (χ1v) is 13.1. The molecule has 0 bridgehead atoms. The molecule has 1 heterocycles. The van der Waals surface area contributed by atoms with Crippen LogP contribution in [0.3, 0.4) is 0 Å². The summed E-state index contributed by atoms with van der Waals surface area (Å²) in [5.74, 6) is -0.852. The average molecular weight is 600 g/mol. The Morgan fingerprint density at radius 3 is 2.35 bits per heavy atom. The predicted molar refractivity (Wildman–Crippen MR) is 143 cm³/mol. The van der Waals surface area contributed by atoms with Crippen LogP contribution in [0.4, 0.5) is 32.0 Å². The third kappa shape index (κ3) is 7.52. The molecule has 1 unspecified atom stereocenters. The second-order valence-electron chi connectivity index (χ2n) is 9.97. The van der Waals surface area contributed by atoms with Gasteiger partial charge in [0.25, 0.3) is 5.91 Å². The second-order valence-corrected chi connectivity index (χ2v) is 9.97. The smallest absolute Gasteiger partial charge is 0.406 e. The van der Waals surface area contributed by atoms with Crippen molar-refractivity contribution in [3.8, 4) is 17.5 Å². The number of alkyl halides is 6. The van der Waals surface area contributed by atoms with E-state index in [1.165, 1.54) is 48.5 Å². The highest BCUT2D eigenvalue weighted by Crippen LogP contribution is 2.33. The number of carbonyl (C=O) groups is 1. The van der Waals surface area contributed by atoms with Crippen LogP contribution in [0.2, 0.25) is 0 Å². The molecule has 1 saturated carbocycles. The molecule has 0 saturated heterocycles. The van der Waals surface area contributed by atoms with Gasteiger partial charge in [0.2, 0.25) is 0 Å². The first-order chi connectivity index (χ1) is 20.4. The molecule has 7 nitrogen and oxygen atoms in total. The average Bonchev–Trinajstić information content (AvgIpc) is 3.66. The normalized spacial score (nSPS) is 14.2. The van der Waals surface area contributed by atoms with Crippen molar-refractivity contribution >= 4 is 11.6 Å². The van der Waals surface area contributed by atoms with Crippen molar-refractivity contribution in [2.45, 2.75) is 31.4 Å². The highest BCUT2D eigenvalue weighted by atomic mass is 19.4. The van der Waals surface area contributed by atoms with E-state index in [1.807, 2.05) is 6.07 Å². The Hall–Kier alpha value is -4.83. The van der Waals surface area contributed by atoms with Crippen molar-refractivity contribution in [1.29, 1.82) is 5.26 Å². The van der Waals surface area contributed by atoms with E-state index in [2.05, 4.69) is 20.5 Å². The Morgan fingerprint density at radius 1 is 0.977 bits per heavy atom. The Kier molecular flexibility index (Phi) is 8.14. The summed E-state index contributed by atoms with van der Waals surface area (Å²) in [5.41, 5.74) is -0.165. The van der Waals surface area contributed by atoms with E-state index < -0.39 is 35.9 Å². The van der Waals surface area contributed by atoms with Crippen LogP contribution >= 0.6 is 0 Å². The maximum absolute atomic E-state index is 13.6. The summed E-state index contributed by atoms with van der Waals surface area (Å²) in [5, 5.41) is 18.7. The lowest BCUT2D eigenvalue weighted by Gasteiger charge is -2.21. The number of hydrogen-bond acceptors (Lipinski definition) is 5. The molecular weight excluding hydrogens is 576 g/mol. The maximum Gasteiger partial charge on any atom is 0.573 e. The number of halogens is 6. The number of amides is 1. The molecule has 0 aliphatic heterocycles. The van der Waals surface area contributed by atoms with Gasteiger partial charge in [-0.25, -0.2) is 4.68 Å². The van der Waals surface area contributed by atoms with Crippen molar-refractivity contribution in [2.24, 2.45) is 5.92 Å². The van der Waals surface area contributed by atoms with Gasteiger partial charge in [0.15, 0.2) is 5.69 Å². The predicted octanol–water partition coefficient (Wildman–Crippen LogP) is 7.00. The van der Waals surface area contributed by atoms with E-state index in [-0.39, 0.29) is 22.7 Å². The van der Waals surface area contributed by atoms with Crippen LogP contribution < -0.4 is 15.4 Å². The standard InChI is InChI=1S/C30H23F6N5O2/c31-29(32,33)26-15-25(41(40-26)23-8-1-4-19(12-23)16-37)28(42)39-22-7-2-5-20(13-22)27(38-17-18-10-11-18)21-6-3-9-24(14-21)43-30(34,35)36/h1-9,12-15,18,27,38H,10-11,17H2,(H,39,42). The molecule has 1 fully saturated rings. The van der Waals surface area contributed by atoms with Crippen LogP contribution in [0.15, 0.2) is 78.9 Å². The van der Waals surface area contributed by atoms with Gasteiger partial charge in [0.1, 0.15) is 11.4 Å². The molecule has 5 rings (SSSR count). The van der Waals surface area contributed by atoms with E-state index in [4.69, 9.17) is 0 Å². The Labute approximate surface area is 241 Å². The van der Waals surface area contributed by atoms with Crippen LogP contribution in [-0.4, -0.2) is 28.6 Å². The van der Waals surface area contributed by atoms with Crippen molar-refractivity contribution in [2.75, 3.05) is 11.9 Å². The minimum Gasteiger partial charge on any atom is -0.406 e. The molecule has 1 aliphatic carbocycles. The number of rotatable bonds is 9. The Bertz CT molecular complexity index is 1670. The lowest BCUT2D eigenvalue weighted by molar-refractivity contribution is -0.274. The number of aromatic nitrogens is 2. The van der Waals surface area contributed by atoms with Crippen molar-refractivity contribution in [3.05, 3.63) is 107 Å². The molecule has 2 N–H and O–H groups in total. The monoisotopic (exact) mass is 599 g/mol. The quantitative estimate of drug-likeness (QED) is 0.202. The molecule has 0 spiro atoms. The molecule has 0 radical (unpaired) electrons. The minimum absolute atomic E-state index is 0.0822. The van der Waals surface area contributed by atoms with Gasteiger partial charge in [0.05, 0.1) is 23.4 Å². The van der Waals surface area contributed by atoms with Crippen molar-refractivity contribution in [3.63, 3.8) is 0 Å². The molecule has 13 heteroatoms. The molecule has 1 aromatic heterocycles. The van der Waals surface area contributed by atoms with Gasteiger partial charge in [-0.2, -0.15) is 23.5 Å². The summed E-state index contributed by atoms with van der Waals surface area (Å²) in [6, 6.07) is 19.6. The summed E-state index contributed by atoms with van der Waals surface area (Å²) >= 11 is 0. The highest BCUT2D eigenvalue weighted by Gasteiger charge is 2.36. The number of hydrogen-bond donors (Lipinski definition) is 2. The molecule has 1 aliphatic rings. The molecule has 3 aromatic carbocycles. The van der Waals surface area contributed by atoms with E-state index in [0.29, 0.717) is 29.7 Å². The van der Waals surface area contributed by atoms with Gasteiger partial charge < -0.3 is 15.4 Å². The SMILES string of the molecule is N#Cc1cccc(-n2nc(C(F)(F)F)cc2C(=O)Nc2cccc(C(NCC3CC3)c3cccc(OC(F)(F)F)c3)c2)c1. The molecular formula is C30H23F6N5O2. The highest BCUT2D eigenvalue weighted by molar-refractivity contribution is 6.03. The zero-order valence-corrected chi connectivity index (χ0v) is 22.2. The number of anilines is 1. The third-order valence-corrected chi connectivity index (χ3v) is 6.66. The van der Waals surface area contributed by atoms with Crippen molar-refractivity contribution < 1.29 is 35.9 Å². The van der Waals surface area contributed by atoms with Crippen LogP contribution in [-0.2, 0) is 6.18 Å². The number of ether oxygens (including phenoxy) is 1. The summed E-state index contributed by atoms with van der Waals surface area (Å²) in [6.07, 6.45) is -7.65. The summed E-state index contributed by atoms with van der Waals surface area (Å²) in [6.45, 7) is 0.604. The van der Waals surface area contributed by atoms with Crippen LogP contribution in [0.5, 0.6) is 5.75 Å². The number of nitriles is 1. The first kappa shape index (κ1) is 29.7. The largest absolute Gasteiger partial charge is 0.573 e. The van der Waals surface area contributed by atoms with Gasteiger partial charge in [-0.15, -0.1) is 13.2 Å². The fourth-order valence-corrected chi connectivity index (χ4v) is 4.50. The fraction of sp³-hybridized carbons (Fsp3) is 0.233. The first-order valence-electron chi connectivity index (χ1n) is 13.1. The van der Waals surface area contributed by atoms with Crippen LogP contribution in [0.25, 0.3) is 5.69 Å². The van der Waals surface area contributed by atoms with E-state index in [0.717, 1.165) is 17.5 Å². The Morgan fingerprint density at radius 2 is 1.67 bits per heavy atom. The van der Waals surface area contributed by atoms with E-state index in [1.54, 1.807) is 24.3 Å².